The van der Waals surface area contributed by atoms with E-state index in [-0.39, 0.29) is 17.9 Å². The van der Waals surface area contributed by atoms with E-state index >= 15 is 0 Å². The molecule has 1 fully saturated rings. The standard InChI is InChI=1S/C28H24Br2N2O2/c1-34-24-15-9-20(10-16-24)28(33)32-27(19-7-13-23(30)14-8-19)25-4-2-3-21(26(25)31-32)17-18-5-11-22(29)12-6-18/h5-17,25,27H,2-4H2,1H3/b21-17+/t25-,27-/m0/s1. The number of carbonyl (C=O) groups is 1. The Morgan fingerprint density at radius 1 is 0.971 bits per heavy atom. The highest BCUT2D eigenvalue weighted by Gasteiger charge is 2.43. The van der Waals surface area contributed by atoms with Crippen molar-refractivity contribution in [3.8, 4) is 5.75 Å². The van der Waals surface area contributed by atoms with Crippen molar-refractivity contribution in [1.29, 1.82) is 0 Å². The summed E-state index contributed by atoms with van der Waals surface area (Å²) in [5.74, 6) is 0.793. The fourth-order valence-corrected chi connectivity index (χ4v) is 5.32. The Kier molecular flexibility index (Phi) is 6.70. The number of amides is 1. The molecular formula is C28H24Br2N2O2. The van der Waals surface area contributed by atoms with Gasteiger partial charge in [-0.15, -0.1) is 0 Å². The Morgan fingerprint density at radius 3 is 2.26 bits per heavy atom. The van der Waals surface area contributed by atoms with Crippen molar-refractivity contribution in [3.05, 3.63) is 104 Å². The van der Waals surface area contributed by atoms with Gasteiger partial charge < -0.3 is 4.74 Å². The van der Waals surface area contributed by atoms with Gasteiger partial charge in [-0.25, -0.2) is 5.01 Å². The monoisotopic (exact) mass is 578 g/mol. The number of methoxy groups -OCH3 is 1. The highest BCUT2D eigenvalue weighted by atomic mass is 79.9. The van der Waals surface area contributed by atoms with Crippen molar-refractivity contribution >= 4 is 49.6 Å². The summed E-state index contributed by atoms with van der Waals surface area (Å²) in [6, 6.07) is 23.7. The zero-order valence-corrected chi connectivity index (χ0v) is 21.9. The molecule has 2 atom stereocenters. The van der Waals surface area contributed by atoms with E-state index in [9.17, 15) is 4.79 Å². The molecule has 172 valence electrons. The van der Waals surface area contributed by atoms with Crippen molar-refractivity contribution < 1.29 is 9.53 Å². The average molecular weight is 580 g/mol. The van der Waals surface area contributed by atoms with Crippen LogP contribution < -0.4 is 4.74 Å². The minimum Gasteiger partial charge on any atom is -0.497 e. The van der Waals surface area contributed by atoms with Gasteiger partial charge in [-0.05, 0) is 90.6 Å². The molecular weight excluding hydrogens is 556 g/mol. The Balaban J connectivity index is 1.56. The number of carbonyl (C=O) groups excluding carboxylic acids is 1. The first-order chi connectivity index (χ1) is 16.5. The molecule has 34 heavy (non-hydrogen) atoms. The number of hydrogen-bond donors (Lipinski definition) is 0. The molecule has 6 heteroatoms. The van der Waals surface area contributed by atoms with Crippen LogP contribution in [0.4, 0.5) is 0 Å². The van der Waals surface area contributed by atoms with Gasteiger partial charge in [-0.2, -0.15) is 5.10 Å². The topological polar surface area (TPSA) is 41.9 Å². The number of benzene rings is 3. The lowest BCUT2D eigenvalue weighted by Crippen LogP contribution is -2.31. The fourth-order valence-electron chi connectivity index (χ4n) is 4.79. The predicted molar refractivity (Wildman–Crippen MR) is 143 cm³/mol. The number of hydrogen-bond acceptors (Lipinski definition) is 3. The summed E-state index contributed by atoms with van der Waals surface area (Å²) in [5, 5.41) is 6.68. The van der Waals surface area contributed by atoms with Gasteiger partial charge in [0.05, 0.1) is 18.9 Å². The molecule has 1 amide bonds. The third-order valence-electron chi connectivity index (χ3n) is 6.47. The largest absolute Gasteiger partial charge is 0.497 e. The van der Waals surface area contributed by atoms with E-state index in [0.717, 1.165) is 50.8 Å². The van der Waals surface area contributed by atoms with Crippen LogP contribution in [0.3, 0.4) is 0 Å². The lowest BCUT2D eigenvalue weighted by Gasteiger charge is -2.29. The van der Waals surface area contributed by atoms with E-state index in [2.05, 4.69) is 62.2 Å². The molecule has 1 saturated carbocycles. The maximum atomic E-state index is 13.7. The van der Waals surface area contributed by atoms with E-state index in [1.54, 1.807) is 24.3 Å². The Bertz CT molecular complexity index is 1250. The molecule has 1 aliphatic heterocycles. The van der Waals surface area contributed by atoms with Gasteiger partial charge in [0.1, 0.15) is 5.75 Å². The van der Waals surface area contributed by atoms with Gasteiger partial charge in [0.15, 0.2) is 0 Å². The molecule has 0 unspecified atom stereocenters. The van der Waals surface area contributed by atoms with Crippen LogP contribution in [0, 0.1) is 5.92 Å². The first-order valence-electron chi connectivity index (χ1n) is 11.3. The quantitative estimate of drug-likeness (QED) is 0.318. The summed E-state index contributed by atoms with van der Waals surface area (Å²) < 4.78 is 7.34. The van der Waals surface area contributed by atoms with Crippen molar-refractivity contribution in [1.82, 2.24) is 5.01 Å². The van der Waals surface area contributed by atoms with E-state index in [1.165, 1.54) is 5.57 Å². The molecule has 1 heterocycles. The fraction of sp³-hybridized carbons (Fsp3) is 0.214. The minimum atomic E-state index is -0.133. The number of halogens is 2. The Labute approximate surface area is 216 Å². The number of nitrogens with zero attached hydrogens (tertiary/aromatic N) is 2. The highest BCUT2D eigenvalue weighted by Crippen LogP contribution is 2.45. The number of ether oxygens (including phenoxy) is 1. The van der Waals surface area contributed by atoms with E-state index in [0.29, 0.717) is 5.56 Å². The maximum absolute atomic E-state index is 13.7. The summed E-state index contributed by atoms with van der Waals surface area (Å²) in [6.45, 7) is 0. The summed E-state index contributed by atoms with van der Waals surface area (Å²) in [5.41, 5.74) is 5.08. The number of fused-ring (bicyclic) bond motifs is 1. The van der Waals surface area contributed by atoms with Gasteiger partial charge >= 0.3 is 0 Å². The second kappa shape index (κ2) is 9.88. The van der Waals surface area contributed by atoms with Gasteiger partial charge in [0.25, 0.3) is 5.91 Å². The first kappa shape index (κ1) is 23.1. The number of allylic oxidation sites excluding steroid dienone is 1. The molecule has 0 bridgehead atoms. The van der Waals surface area contributed by atoms with Crippen LogP contribution in [0.1, 0.15) is 46.8 Å². The van der Waals surface area contributed by atoms with Crippen molar-refractivity contribution in [2.75, 3.05) is 7.11 Å². The summed E-state index contributed by atoms with van der Waals surface area (Å²) in [6.07, 6.45) is 5.26. The van der Waals surface area contributed by atoms with E-state index in [4.69, 9.17) is 9.84 Å². The lowest BCUT2D eigenvalue weighted by atomic mass is 9.77. The number of hydrazone groups is 1. The second-order valence-electron chi connectivity index (χ2n) is 8.58. The predicted octanol–water partition coefficient (Wildman–Crippen LogP) is 7.66. The third kappa shape index (κ3) is 4.62. The van der Waals surface area contributed by atoms with Crippen LogP contribution in [-0.4, -0.2) is 23.7 Å². The van der Waals surface area contributed by atoms with Gasteiger partial charge in [0, 0.05) is 20.4 Å². The zero-order valence-electron chi connectivity index (χ0n) is 18.7. The molecule has 3 aromatic rings. The van der Waals surface area contributed by atoms with Crippen LogP contribution in [0.5, 0.6) is 5.75 Å². The van der Waals surface area contributed by atoms with Crippen LogP contribution in [0.2, 0.25) is 0 Å². The van der Waals surface area contributed by atoms with Crippen molar-refractivity contribution in [2.24, 2.45) is 11.0 Å². The Hall–Kier alpha value is -2.70. The Morgan fingerprint density at radius 2 is 1.62 bits per heavy atom. The second-order valence-corrected chi connectivity index (χ2v) is 10.4. The molecule has 0 spiro atoms. The van der Waals surface area contributed by atoms with Crippen LogP contribution in [-0.2, 0) is 0 Å². The van der Waals surface area contributed by atoms with Gasteiger partial charge in [0.2, 0.25) is 0 Å². The van der Waals surface area contributed by atoms with Crippen molar-refractivity contribution in [2.45, 2.75) is 25.3 Å². The van der Waals surface area contributed by atoms with Gasteiger partial charge in [-0.1, -0.05) is 56.1 Å². The third-order valence-corrected chi connectivity index (χ3v) is 7.53. The smallest absolute Gasteiger partial charge is 0.274 e. The molecule has 0 saturated heterocycles. The lowest BCUT2D eigenvalue weighted by molar-refractivity contribution is 0.0681. The van der Waals surface area contributed by atoms with Crippen molar-refractivity contribution in [3.63, 3.8) is 0 Å². The molecule has 4 nitrogen and oxygen atoms in total. The molecule has 1 aliphatic carbocycles. The summed E-state index contributed by atoms with van der Waals surface area (Å²) >= 11 is 7.05. The normalized spacial score (nSPS) is 20.7. The SMILES string of the molecule is COc1ccc(C(=O)N2N=C3/C(=C/c4ccc(Br)cc4)CCC[C@@H]3[C@@H]2c2ccc(Br)cc2)cc1. The molecule has 0 radical (unpaired) electrons. The highest BCUT2D eigenvalue weighted by molar-refractivity contribution is 9.10. The zero-order chi connectivity index (χ0) is 23.7. The number of rotatable bonds is 4. The first-order valence-corrected chi connectivity index (χ1v) is 12.9. The summed E-state index contributed by atoms with van der Waals surface area (Å²) in [4.78, 5) is 13.7. The molecule has 5 rings (SSSR count). The summed E-state index contributed by atoms with van der Waals surface area (Å²) in [7, 11) is 1.62. The molecule has 3 aromatic carbocycles. The van der Waals surface area contributed by atoms with Gasteiger partial charge in [-0.3, -0.25) is 4.79 Å². The van der Waals surface area contributed by atoms with Crippen LogP contribution in [0.25, 0.3) is 6.08 Å². The molecule has 2 aliphatic rings. The van der Waals surface area contributed by atoms with Crippen LogP contribution >= 0.6 is 31.9 Å². The van der Waals surface area contributed by atoms with Crippen LogP contribution in [0.15, 0.2) is 92.4 Å². The van der Waals surface area contributed by atoms with E-state index in [1.807, 2.05) is 36.4 Å². The molecule has 0 N–H and O–H groups in total. The molecule has 0 aromatic heterocycles. The minimum absolute atomic E-state index is 0.0968. The van der Waals surface area contributed by atoms with E-state index < -0.39 is 0 Å². The maximum Gasteiger partial charge on any atom is 0.274 e. The average Bonchev–Trinajstić information content (AvgIpc) is 3.26.